The molecular formula is C19H35IN6O2S. The molecule has 29 heavy (non-hydrogen) atoms. The Balaban J connectivity index is 0.00000420. The van der Waals surface area contributed by atoms with Gasteiger partial charge in [-0.2, -0.15) is 0 Å². The van der Waals surface area contributed by atoms with E-state index in [9.17, 15) is 8.42 Å². The molecule has 0 amide bonds. The maximum absolute atomic E-state index is 12.2. The first-order valence-corrected chi connectivity index (χ1v) is 11.6. The average Bonchev–Trinajstić information content (AvgIpc) is 2.70. The van der Waals surface area contributed by atoms with E-state index in [4.69, 9.17) is 0 Å². The van der Waals surface area contributed by atoms with Gasteiger partial charge in [-0.1, -0.05) is 6.92 Å². The van der Waals surface area contributed by atoms with Crippen molar-refractivity contribution in [2.24, 2.45) is 10.9 Å². The maximum Gasteiger partial charge on any atom is 0.242 e. The van der Waals surface area contributed by atoms with Crippen LogP contribution in [0.5, 0.6) is 0 Å². The fourth-order valence-corrected chi connectivity index (χ4v) is 4.06. The summed E-state index contributed by atoms with van der Waals surface area (Å²) in [6.07, 6.45) is 6.50. The molecule has 1 aliphatic rings. The summed E-state index contributed by atoms with van der Waals surface area (Å²) in [5.74, 6) is 1.57. The summed E-state index contributed by atoms with van der Waals surface area (Å²) in [7, 11) is -3.53. The van der Waals surface area contributed by atoms with Crippen molar-refractivity contribution < 1.29 is 8.42 Å². The minimum Gasteiger partial charge on any atom is -0.357 e. The van der Waals surface area contributed by atoms with E-state index in [1.165, 1.54) is 38.2 Å². The van der Waals surface area contributed by atoms with E-state index in [0.717, 1.165) is 37.9 Å². The molecule has 0 bridgehead atoms. The minimum atomic E-state index is -3.53. The van der Waals surface area contributed by atoms with Gasteiger partial charge in [-0.15, -0.1) is 24.0 Å². The third kappa shape index (κ3) is 10.1. The lowest BCUT2D eigenvalue weighted by atomic mass is 9.99. The monoisotopic (exact) mass is 538 g/mol. The molecule has 1 saturated heterocycles. The van der Waals surface area contributed by atoms with Crippen LogP contribution in [0.1, 0.15) is 33.1 Å². The highest BCUT2D eigenvalue weighted by molar-refractivity contribution is 14.0. The number of sulfonamides is 1. The lowest BCUT2D eigenvalue weighted by Gasteiger charge is -2.29. The second-order valence-electron chi connectivity index (χ2n) is 7.15. The number of aromatic nitrogens is 1. The molecule has 0 aliphatic carbocycles. The Kier molecular flexibility index (Phi) is 12.7. The number of pyridine rings is 1. The van der Waals surface area contributed by atoms with Crippen molar-refractivity contribution in [1.82, 2.24) is 25.2 Å². The predicted molar refractivity (Wildman–Crippen MR) is 128 cm³/mol. The highest BCUT2D eigenvalue weighted by Crippen LogP contribution is 2.15. The van der Waals surface area contributed by atoms with E-state index in [1.807, 2.05) is 6.92 Å². The average molecular weight is 538 g/mol. The molecule has 1 fully saturated rings. The van der Waals surface area contributed by atoms with Gasteiger partial charge in [-0.05, 0) is 63.9 Å². The number of nitrogens with zero attached hydrogens (tertiary/aromatic N) is 3. The van der Waals surface area contributed by atoms with Gasteiger partial charge in [0.25, 0.3) is 0 Å². The van der Waals surface area contributed by atoms with E-state index in [2.05, 4.69) is 37.2 Å². The van der Waals surface area contributed by atoms with Crippen molar-refractivity contribution >= 4 is 40.0 Å². The number of hydrogen-bond donors (Lipinski definition) is 3. The van der Waals surface area contributed by atoms with Crippen LogP contribution in [0.2, 0.25) is 0 Å². The molecule has 166 valence electrons. The summed E-state index contributed by atoms with van der Waals surface area (Å²) in [5.41, 5.74) is 0. The molecule has 0 unspecified atom stereocenters. The van der Waals surface area contributed by atoms with Crippen LogP contribution in [0, 0.1) is 5.92 Å². The van der Waals surface area contributed by atoms with Crippen molar-refractivity contribution in [2.75, 3.05) is 45.8 Å². The zero-order chi connectivity index (χ0) is 20.2. The molecule has 10 heteroatoms. The molecule has 0 aromatic carbocycles. The van der Waals surface area contributed by atoms with Crippen LogP contribution < -0.4 is 15.4 Å². The molecular weight excluding hydrogens is 503 g/mol. The fraction of sp³-hybridized carbons (Fsp3) is 0.684. The van der Waals surface area contributed by atoms with Crippen molar-refractivity contribution in [2.45, 2.75) is 38.0 Å². The predicted octanol–water partition coefficient (Wildman–Crippen LogP) is 1.66. The SMILES string of the molecule is CCNC(=NCCCN1CCC(C)CC1)NCCNS(=O)(=O)c1cccnc1.I. The van der Waals surface area contributed by atoms with Crippen LogP contribution in [0.4, 0.5) is 0 Å². The van der Waals surface area contributed by atoms with Crippen molar-refractivity contribution in [3.63, 3.8) is 0 Å². The Labute approximate surface area is 192 Å². The number of piperidine rings is 1. The van der Waals surface area contributed by atoms with E-state index in [1.54, 1.807) is 12.3 Å². The van der Waals surface area contributed by atoms with Crippen LogP contribution in [0.3, 0.4) is 0 Å². The number of halogens is 1. The van der Waals surface area contributed by atoms with Crippen LogP contribution in [0.15, 0.2) is 34.4 Å². The first kappa shape index (κ1) is 26.1. The zero-order valence-electron chi connectivity index (χ0n) is 17.4. The van der Waals surface area contributed by atoms with Gasteiger partial charge < -0.3 is 15.5 Å². The third-order valence-electron chi connectivity index (χ3n) is 4.78. The van der Waals surface area contributed by atoms with E-state index in [0.29, 0.717) is 6.54 Å². The molecule has 1 aromatic rings. The number of nitrogens with one attached hydrogen (secondary N) is 3. The lowest BCUT2D eigenvalue weighted by molar-refractivity contribution is 0.192. The smallest absolute Gasteiger partial charge is 0.242 e. The highest BCUT2D eigenvalue weighted by Gasteiger charge is 2.15. The first-order valence-electron chi connectivity index (χ1n) is 10.2. The van der Waals surface area contributed by atoms with E-state index >= 15 is 0 Å². The standard InChI is InChI=1S/C19H34N6O2S.HI/c1-3-21-19(22-10-5-13-25-14-7-17(2)8-15-25)23-11-12-24-28(26,27)18-6-4-9-20-16-18;/h4,6,9,16-17,24H,3,5,7-8,10-15H2,1-2H3,(H2,21,22,23);1H. The van der Waals surface area contributed by atoms with Crippen LogP contribution in [-0.4, -0.2) is 70.1 Å². The number of hydrogen-bond acceptors (Lipinski definition) is 5. The van der Waals surface area contributed by atoms with Crippen molar-refractivity contribution in [1.29, 1.82) is 0 Å². The Bertz CT molecular complexity index is 694. The van der Waals surface area contributed by atoms with Crippen molar-refractivity contribution in [3.05, 3.63) is 24.5 Å². The molecule has 2 heterocycles. The number of rotatable bonds is 10. The topological polar surface area (TPSA) is 98.7 Å². The Morgan fingerprint density at radius 2 is 2.03 bits per heavy atom. The molecule has 3 N–H and O–H groups in total. The summed E-state index contributed by atoms with van der Waals surface area (Å²) in [5, 5.41) is 6.37. The van der Waals surface area contributed by atoms with Gasteiger partial charge in [0.15, 0.2) is 5.96 Å². The molecule has 8 nitrogen and oxygen atoms in total. The van der Waals surface area contributed by atoms with E-state index < -0.39 is 10.0 Å². The quantitative estimate of drug-likeness (QED) is 0.182. The number of likely N-dealkylation sites (tertiary alicyclic amines) is 1. The second kappa shape index (κ2) is 14.1. The first-order chi connectivity index (χ1) is 13.5. The van der Waals surface area contributed by atoms with E-state index in [-0.39, 0.29) is 35.4 Å². The number of guanidine groups is 1. The summed E-state index contributed by atoms with van der Waals surface area (Å²) in [6.45, 7) is 10.0. The Hall–Kier alpha value is -0.980. The summed E-state index contributed by atoms with van der Waals surface area (Å²) in [4.78, 5) is 11.1. The summed E-state index contributed by atoms with van der Waals surface area (Å²) >= 11 is 0. The maximum atomic E-state index is 12.2. The minimum absolute atomic E-state index is 0. The normalized spacial score (nSPS) is 16.3. The Morgan fingerprint density at radius 1 is 1.28 bits per heavy atom. The molecule has 0 atom stereocenters. The highest BCUT2D eigenvalue weighted by atomic mass is 127. The third-order valence-corrected chi connectivity index (χ3v) is 6.22. The largest absolute Gasteiger partial charge is 0.357 e. The summed E-state index contributed by atoms with van der Waals surface area (Å²) < 4.78 is 26.9. The number of aliphatic imine (C=N–C) groups is 1. The molecule has 0 saturated carbocycles. The molecule has 0 radical (unpaired) electrons. The van der Waals surface area contributed by atoms with Gasteiger partial charge in [-0.3, -0.25) is 9.98 Å². The Morgan fingerprint density at radius 3 is 2.69 bits per heavy atom. The molecule has 1 aromatic heterocycles. The van der Waals surface area contributed by atoms with Gasteiger partial charge in [0, 0.05) is 38.6 Å². The van der Waals surface area contributed by atoms with Gasteiger partial charge in [0.1, 0.15) is 4.90 Å². The van der Waals surface area contributed by atoms with Gasteiger partial charge in [0.05, 0.1) is 0 Å². The van der Waals surface area contributed by atoms with Crippen LogP contribution in [-0.2, 0) is 10.0 Å². The van der Waals surface area contributed by atoms with Crippen LogP contribution in [0.25, 0.3) is 0 Å². The zero-order valence-corrected chi connectivity index (χ0v) is 20.6. The van der Waals surface area contributed by atoms with Crippen molar-refractivity contribution in [3.8, 4) is 0 Å². The van der Waals surface area contributed by atoms with Crippen LogP contribution >= 0.6 is 24.0 Å². The molecule has 0 spiro atoms. The lowest BCUT2D eigenvalue weighted by Crippen LogP contribution is -2.41. The second-order valence-corrected chi connectivity index (χ2v) is 8.92. The fourth-order valence-electron chi connectivity index (χ4n) is 3.07. The van der Waals surface area contributed by atoms with Gasteiger partial charge >= 0.3 is 0 Å². The van der Waals surface area contributed by atoms with Gasteiger partial charge in [-0.25, -0.2) is 13.1 Å². The molecule has 1 aliphatic heterocycles. The molecule has 2 rings (SSSR count). The van der Waals surface area contributed by atoms with Gasteiger partial charge in [0.2, 0.25) is 10.0 Å². The summed E-state index contributed by atoms with van der Waals surface area (Å²) in [6, 6.07) is 3.13.